The standard InChI is InChI=1S/C62H117NO5/c1-3-5-7-9-11-13-15-16-32-36-40-44-48-52-56-62(67)68-57-53-49-45-41-37-33-30-28-26-24-22-20-18-17-19-21-23-25-27-29-31-35-39-43-47-51-55-61(66)63-59(58-64)60(65)54-50-46-42-38-34-14-12-10-8-6-4-2/h9,11,15-17,19,59-60,64-65H,3-8,10,12-14,18,20-58H2,1-2H3,(H,63,66)/b11-9-,16-15-,19-17-. The van der Waals surface area contributed by atoms with Crippen molar-refractivity contribution in [2.24, 2.45) is 0 Å². The van der Waals surface area contributed by atoms with Gasteiger partial charge in [-0.3, -0.25) is 9.59 Å². The van der Waals surface area contributed by atoms with Gasteiger partial charge in [0, 0.05) is 12.8 Å². The van der Waals surface area contributed by atoms with Crippen molar-refractivity contribution < 1.29 is 24.5 Å². The highest BCUT2D eigenvalue weighted by Gasteiger charge is 2.20. The summed E-state index contributed by atoms with van der Waals surface area (Å²) < 4.78 is 5.47. The van der Waals surface area contributed by atoms with E-state index in [1.165, 1.54) is 238 Å². The molecule has 0 aromatic rings. The normalized spacial score (nSPS) is 12.8. The van der Waals surface area contributed by atoms with Gasteiger partial charge in [-0.05, 0) is 77.0 Å². The largest absolute Gasteiger partial charge is 0.466 e. The van der Waals surface area contributed by atoms with Crippen molar-refractivity contribution in [3.63, 3.8) is 0 Å². The molecule has 0 aromatic carbocycles. The quantitative estimate of drug-likeness (QED) is 0.0321. The number of aliphatic hydroxyl groups is 2. The van der Waals surface area contributed by atoms with Crippen molar-refractivity contribution in [1.82, 2.24) is 5.32 Å². The average molecular weight is 957 g/mol. The van der Waals surface area contributed by atoms with Crippen LogP contribution in [-0.2, 0) is 14.3 Å². The molecule has 400 valence electrons. The molecular formula is C62H117NO5. The molecule has 3 N–H and O–H groups in total. The molecule has 0 radical (unpaired) electrons. The van der Waals surface area contributed by atoms with Gasteiger partial charge in [-0.1, -0.05) is 269 Å². The van der Waals surface area contributed by atoms with Crippen LogP contribution in [0.4, 0.5) is 0 Å². The maximum Gasteiger partial charge on any atom is 0.305 e. The molecule has 0 bridgehead atoms. The Kier molecular flexibility index (Phi) is 56.0. The number of hydrogen-bond donors (Lipinski definition) is 3. The molecule has 0 aliphatic rings. The first-order valence-electron chi connectivity index (χ1n) is 30.2. The van der Waals surface area contributed by atoms with E-state index in [4.69, 9.17) is 4.74 Å². The van der Waals surface area contributed by atoms with Crippen LogP contribution in [0.1, 0.15) is 322 Å². The summed E-state index contributed by atoms with van der Waals surface area (Å²) in [4.78, 5) is 24.5. The van der Waals surface area contributed by atoms with E-state index in [2.05, 4.69) is 55.6 Å². The Hall–Kier alpha value is -1.92. The second-order valence-corrected chi connectivity index (χ2v) is 20.7. The first-order chi connectivity index (χ1) is 33.5. The van der Waals surface area contributed by atoms with Crippen molar-refractivity contribution in [3.05, 3.63) is 36.5 Å². The van der Waals surface area contributed by atoms with Crippen LogP contribution < -0.4 is 5.32 Å². The van der Waals surface area contributed by atoms with Gasteiger partial charge in [-0.25, -0.2) is 0 Å². The second kappa shape index (κ2) is 57.7. The lowest BCUT2D eigenvalue weighted by Crippen LogP contribution is -2.45. The Balaban J connectivity index is 3.38. The molecule has 6 nitrogen and oxygen atoms in total. The zero-order valence-electron chi connectivity index (χ0n) is 45.6. The molecule has 0 spiro atoms. The topological polar surface area (TPSA) is 95.9 Å². The number of carbonyl (C=O) groups excluding carboxylic acids is 2. The fourth-order valence-electron chi connectivity index (χ4n) is 9.24. The Morgan fingerprint density at radius 2 is 0.750 bits per heavy atom. The summed E-state index contributed by atoms with van der Waals surface area (Å²) in [5, 5.41) is 23.2. The van der Waals surface area contributed by atoms with Gasteiger partial charge in [0.05, 0.1) is 25.4 Å². The molecule has 0 heterocycles. The second-order valence-electron chi connectivity index (χ2n) is 20.7. The Morgan fingerprint density at radius 3 is 1.18 bits per heavy atom. The van der Waals surface area contributed by atoms with Crippen molar-refractivity contribution in [2.45, 2.75) is 334 Å². The summed E-state index contributed by atoms with van der Waals surface area (Å²) in [5.74, 6) is -0.0381. The van der Waals surface area contributed by atoms with Crippen LogP contribution in [0.25, 0.3) is 0 Å². The molecule has 0 saturated carbocycles. The van der Waals surface area contributed by atoms with Crippen LogP contribution >= 0.6 is 0 Å². The monoisotopic (exact) mass is 956 g/mol. The van der Waals surface area contributed by atoms with Crippen LogP contribution in [0, 0.1) is 0 Å². The summed E-state index contributed by atoms with van der Waals surface area (Å²) in [6.45, 7) is 4.90. The number of carbonyl (C=O) groups is 2. The molecule has 0 aliphatic carbocycles. The molecule has 0 aliphatic heterocycles. The highest BCUT2D eigenvalue weighted by molar-refractivity contribution is 5.76. The van der Waals surface area contributed by atoms with Gasteiger partial charge >= 0.3 is 5.97 Å². The van der Waals surface area contributed by atoms with Crippen molar-refractivity contribution in [2.75, 3.05) is 13.2 Å². The lowest BCUT2D eigenvalue weighted by Gasteiger charge is -2.22. The van der Waals surface area contributed by atoms with E-state index in [0.29, 0.717) is 25.9 Å². The van der Waals surface area contributed by atoms with E-state index in [1.807, 2.05) is 0 Å². The average Bonchev–Trinajstić information content (AvgIpc) is 3.34. The summed E-state index contributed by atoms with van der Waals surface area (Å²) in [6, 6.07) is -0.541. The number of allylic oxidation sites excluding steroid dienone is 6. The number of hydrogen-bond acceptors (Lipinski definition) is 5. The first kappa shape index (κ1) is 66.1. The number of ether oxygens (including phenoxy) is 1. The Morgan fingerprint density at radius 1 is 0.412 bits per heavy atom. The predicted octanol–water partition coefficient (Wildman–Crippen LogP) is 18.8. The highest BCUT2D eigenvalue weighted by atomic mass is 16.5. The SMILES string of the molecule is CCCC/C=C\C/C=C\CCCCCCCC(=O)OCCCCCCCCCCCCCC/C=C\CCCCCCCCCCCCC(=O)NC(CO)C(O)CCCCCCCCCCCCC. The summed E-state index contributed by atoms with van der Waals surface area (Å²) >= 11 is 0. The molecule has 2 atom stereocenters. The minimum Gasteiger partial charge on any atom is -0.466 e. The molecule has 1 amide bonds. The molecule has 0 rings (SSSR count). The van der Waals surface area contributed by atoms with E-state index in [-0.39, 0.29) is 18.5 Å². The van der Waals surface area contributed by atoms with Crippen LogP contribution in [0.3, 0.4) is 0 Å². The third kappa shape index (κ3) is 53.4. The molecule has 0 saturated heterocycles. The zero-order chi connectivity index (χ0) is 49.3. The Bertz CT molecular complexity index is 1100. The van der Waals surface area contributed by atoms with Crippen LogP contribution in [0.2, 0.25) is 0 Å². The maximum absolute atomic E-state index is 12.4. The minimum atomic E-state index is -0.664. The predicted molar refractivity (Wildman–Crippen MR) is 296 cm³/mol. The van der Waals surface area contributed by atoms with Crippen LogP contribution in [0.15, 0.2) is 36.5 Å². The first-order valence-corrected chi connectivity index (χ1v) is 30.2. The maximum atomic E-state index is 12.4. The van der Waals surface area contributed by atoms with E-state index in [0.717, 1.165) is 51.4 Å². The molecule has 6 heteroatoms. The van der Waals surface area contributed by atoms with Crippen LogP contribution in [0.5, 0.6) is 0 Å². The van der Waals surface area contributed by atoms with Gasteiger partial charge in [-0.15, -0.1) is 0 Å². The van der Waals surface area contributed by atoms with Gasteiger partial charge in [0.15, 0.2) is 0 Å². The van der Waals surface area contributed by atoms with Gasteiger partial charge in [0.1, 0.15) is 0 Å². The minimum absolute atomic E-state index is 0.000544. The van der Waals surface area contributed by atoms with Crippen molar-refractivity contribution in [1.29, 1.82) is 0 Å². The smallest absolute Gasteiger partial charge is 0.305 e. The molecule has 2 unspecified atom stereocenters. The number of amides is 1. The third-order valence-corrected chi connectivity index (χ3v) is 13.9. The van der Waals surface area contributed by atoms with E-state index in [9.17, 15) is 19.8 Å². The fourth-order valence-corrected chi connectivity index (χ4v) is 9.24. The molecule has 68 heavy (non-hydrogen) atoms. The number of esters is 1. The third-order valence-electron chi connectivity index (χ3n) is 13.9. The number of rotatable bonds is 56. The lowest BCUT2D eigenvalue weighted by atomic mass is 10.0. The summed E-state index contributed by atoms with van der Waals surface area (Å²) in [6.07, 6.45) is 71.6. The van der Waals surface area contributed by atoms with Crippen molar-refractivity contribution in [3.8, 4) is 0 Å². The van der Waals surface area contributed by atoms with Gasteiger partial charge < -0.3 is 20.3 Å². The van der Waals surface area contributed by atoms with E-state index in [1.54, 1.807) is 0 Å². The zero-order valence-corrected chi connectivity index (χ0v) is 45.6. The number of unbranched alkanes of at least 4 members (excludes halogenated alkanes) is 39. The molecular weight excluding hydrogens is 839 g/mol. The Labute approximate surface area is 424 Å². The molecule has 0 fully saturated rings. The fraction of sp³-hybridized carbons (Fsp3) is 0.871. The van der Waals surface area contributed by atoms with Crippen molar-refractivity contribution >= 4 is 11.9 Å². The summed E-state index contributed by atoms with van der Waals surface area (Å²) in [5.41, 5.74) is 0. The van der Waals surface area contributed by atoms with Gasteiger partial charge in [0.2, 0.25) is 5.91 Å². The number of aliphatic hydroxyl groups excluding tert-OH is 2. The van der Waals surface area contributed by atoms with E-state index < -0.39 is 12.1 Å². The van der Waals surface area contributed by atoms with Gasteiger partial charge in [-0.2, -0.15) is 0 Å². The van der Waals surface area contributed by atoms with Crippen LogP contribution in [-0.4, -0.2) is 47.4 Å². The number of nitrogens with one attached hydrogen (secondary N) is 1. The lowest BCUT2D eigenvalue weighted by molar-refractivity contribution is -0.143. The van der Waals surface area contributed by atoms with E-state index >= 15 is 0 Å². The highest BCUT2D eigenvalue weighted by Crippen LogP contribution is 2.17. The summed E-state index contributed by atoms with van der Waals surface area (Å²) in [7, 11) is 0. The molecule has 0 aromatic heterocycles. The van der Waals surface area contributed by atoms with Gasteiger partial charge in [0.25, 0.3) is 0 Å².